The zero-order valence-corrected chi connectivity index (χ0v) is 9.58. The second-order valence-electron chi connectivity index (χ2n) is 4.23. The number of methoxy groups -OCH3 is 1. The molecule has 0 saturated heterocycles. The van der Waals surface area contributed by atoms with Crippen LogP contribution in [0.25, 0.3) is 0 Å². The summed E-state index contributed by atoms with van der Waals surface area (Å²) in [6.45, 7) is 3.82. The molecule has 0 aliphatic heterocycles. The van der Waals surface area contributed by atoms with Gasteiger partial charge in [0.2, 0.25) is 0 Å². The fourth-order valence-corrected chi connectivity index (χ4v) is 1.56. The third-order valence-corrected chi connectivity index (χ3v) is 2.57. The Bertz CT molecular complexity index is 334. The Morgan fingerprint density at radius 2 is 2.13 bits per heavy atom. The lowest BCUT2D eigenvalue weighted by Gasteiger charge is -2.23. The molecule has 0 fully saturated rings. The molecule has 1 atom stereocenters. The molecule has 1 aromatic carbocycles. The Labute approximate surface area is 90.9 Å². The summed E-state index contributed by atoms with van der Waals surface area (Å²) in [4.78, 5) is 0. The van der Waals surface area contributed by atoms with Gasteiger partial charge in [0.05, 0.1) is 13.7 Å². The number of benzene rings is 1. The van der Waals surface area contributed by atoms with Crippen LogP contribution in [0.5, 0.6) is 5.75 Å². The first-order chi connectivity index (χ1) is 7.00. The number of aliphatic hydroxyl groups excluding tert-OH is 1. The van der Waals surface area contributed by atoms with Crippen LogP contribution in [0.2, 0.25) is 0 Å². The number of hydrogen-bond donors (Lipinski definition) is 2. The highest BCUT2D eigenvalue weighted by Crippen LogP contribution is 2.23. The predicted molar refractivity (Wildman–Crippen MR) is 61.1 cm³/mol. The van der Waals surface area contributed by atoms with Crippen LogP contribution in [-0.4, -0.2) is 24.4 Å². The van der Waals surface area contributed by atoms with E-state index >= 15 is 0 Å². The van der Waals surface area contributed by atoms with Gasteiger partial charge >= 0.3 is 0 Å². The predicted octanol–water partition coefficient (Wildman–Crippen LogP) is 1.26. The summed E-state index contributed by atoms with van der Waals surface area (Å²) in [5.41, 5.74) is 7.55. The lowest BCUT2D eigenvalue weighted by molar-refractivity contribution is 0.208. The molecule has 0 saturated carbocycles. The van der Waals surface area contributed by atoms with Gasteiger partial charge in [-0.05, 0) is 37.5 Å². The van der Waals surface area contributed by atoms with Crippen LogP contribution in [0.1, 0.15) is 18.1 Å². The van der Waals surface area contributed by atoms with Gasteiger partial charge in [0.25, 0.3) is 0 Å². The van der Waals surface area contributed by atoms with Gasteiger partial charge in [-0.1, -0.05) is 12.1 Å². The number of aliphatic hydroxyl groups is 1. The van der Waals surface area contributed by atoms with Crippen molar-refractivity contribution in [1.29, 1.82) is 0 Å². The van der Waals surface area contributed by atoms with Gasteiger partial charge in [-0.15, -0.1) is 0 Å². The third-order valence-electron chi connectivity index (χ3n) is 2.57. The topological polar surface area (TPSA) is 55.5 Å². The maximum Gasteiger partial charge on any atom is 0.122 e. The van der Waals surface area contributed by atoms with Gasteiger partial charge in [-0.3, -0.25) is 0 Å². The molecule has 3 N–H and O–H groups in total. The van der Waals surface area contributed by atoms with Crippen molar-refractivity contribution in [2.45, 2.75) is 25.8 Å². The first kappa shape index (κ1) is 12.0. The Balaban J connectivity index is 2.95. The number of rotatable bonds is 4. The zero-order chi connectivity index (χ0) is 11.5. The standard InChI is InChI=1S/C12H19NO2/c1-9-10(7-12(2,13)8-14)5-4-6-11(9)15-3/h4-6,14H,7-8,13H2,1-3H3. The van der Waals surface area contributed by atoms with E-state index in [1.807, 2.05) is 32.0 Å². The normalized spacial score (nSPS) is 14.7. The molecular formula is C12H19NO2. The van der Waals surface area contributed by atoms with Crippen LogP contribution in [0.15, 0.2) is 18.2 Å². The molecule has 0 radical (unpaired) electrons. The van der Waals surface area contributed by atoms with Gasteiger partial charge in [-0.25, -0.2) is 0 Å². The minimum absolute atomic E-state index is 0.0242. The summed E-state index contributed by atoms with van der Waals surface area (Å²) < 4.78 is 5.23. The van der Waals surface area contributed by atoms with Crippen LogP contribution < -0.4 is 10.5 Å². The minimum Gasteiger partial charge on any atom is -0.496 e. The molecule has 0 amide bonds. The van der Waals surface area contributed by atoms with Crippen LogP contribution in [-0.2, 0) is 6.42 Å². The molecule has 84 valence electrons. The minimum atomic E-state index is -0.572. The SMILES string of the molecule is COc1cccc(CC(C)(N)CO)c1C. The first-order valence-electron chi connectivity index (χ1n) is 5.02. The maximum absolute atomic E-state index is 9.12. The van der Waals surface area contributed by atoms with Crippen LogP contribution in [0, 0.1) is 6.92 Å². The Morgan fingerprint density at radius 3 is 2.67 bits per heavy atom. The van der Waals surface area contributed by atoms with Crippen LogP contribution in [0.4, 0.5) is 0 Å². The fourth-order valence-electron chi connectivity index (χ4n) is 1.56. The van der Waals surface area contributed by atoms with Crippen molar-refractivity contribution in [2.24, 2.45) is 5.73 Å². The van der Waals surface area contributed by atoms with Crippen LogP contribution in [0.3, 0.4) is 0 Å². The van der Waals surface area contributed by atoms with Crippen LogP contribution >= 0.6 is 0 Å². The molecule has 3 heteroatoms. The summed E-state index contributed by atoms with van der Waals surface area (Å²) in [6, 6.07) is 5.87. The average molecular weight is 209 g/mol. The first-order valence-corrected chi connectivity index (χ1v) is 5.02. The van der Waals surface area contributed by atoms with Crippen molar-refractivity contribution in [2.75, 3.05) is 13.7 Å². The molecule has 0 bridgehead atoms. The lowest BCUT2D eigenvalue weighted by Crippen LogP contribution is -2.42. The Kier molecular flexibility index (Phi) is 3.72. The van der Waals surface area contributed by atoms with Crippen molar-refractivity contribution in [3.8, 4) is 5.75 Å². The highest BCUT2D eigenvalue weighted by molar-refractivity contribution is 5.39. The second kappa shape index (κ2) is 4.64. The van der Waals surface area contributed by atoms with E-state index in [1.165, 1.54) is 0 Å². The summed E-state index contributed by atoms with van der Waals surface area (Å²) in [5, 5.41) is 9.12. The molecule has 1 rings (SSSR count). The number of ether oxygens (including phenoxy) is 1. The molecular weight excluding hydrogens is 190 g/mol. The second-order valence-corrected chi connectivity index (χ2v) is 4.23. The fraction of sp³-hybridized carbons (Fsp3) is 0.500. The molecule has 15 heavy (non-hydrogen) atoms. The highest BCUT2D eigenvalue weighted by atomic mass is 16.5. The van der Waals surface area contributed by atoms with Crippen molar-refractivity contribution < 1.29 is 9.84 Å². The van der Waals surface area contributed by atoms with E-state index in [0.717, 1.165) is 16.9 Å². The maximum atomic E-state index is 9.12. The van der Waals surface area contributed by atoms with E-state index in [2.05, 4.69) is 0 Å². The van der Waals surface area contributed by atoms with Gasteiger partial charge in [-0.2, -0.15) is 0 Å². The van der Waals surface area contributed by atoms with E-state index in [0.29, 0.717) is 6.42 Å². The van der Waals surface area contributed by atoms with Gasteiger partial charge < -0.3 is 15.6 Å². The molecule has 3 nitrogen and oxygen atoms in total. The third kappa shape index (κ3) is 2.94. The van der Waals surface area contributed by atoms with E-state index < -0.39 is 5.54 Å². The van der Waals surface area contributed by atoms with E-state index in [1.54, 1.807) is 7.11 Å². The quantitative estimate of drug-likeness (QED) is 0.784. The van der Waals surface area contributed by atoms with Crippen molar-refractivity contribution in [1.82, 2.24) is 0 Å². The molecule has 1 unspecified atom stereocenters. The van der Waals surface area contributed by atoms with Gasteiger partial charge in [0.15, 0.2) is 0 Å². The molecule has 0 aromatic heterocycles. The summed E-state index contributed by atoms with van der Waals surface area (Å²) in [6.07, 6.45) is 0.645. The summed E-state index contributed by atoms with van der Waals surface area (Å²) in [5.74, 6) is 0.862. The van der Waals surface area contributed by atoms with E-state index in [4.69, 9.17) is 15.6 Å². The monoisotopic (exact) mass is 209 g/mol. The Morgan fingerprint density at radius 1 is 1.47 bits per heavy atom. The smallest absolute Gasteiger partial charge is 0.122 e. The highest BCUT2D eigenvalue weighted by Gasteiger charge is 2.19. The molecule has 1 aromatic rings. The van der Waals surface area contributed by atoms with E-state index in [9.17, 15) is 0 Å². The number of hydrogen-bond acceptors (Lipinski definition) is 3. The largest absolute Gasteiger partial charge is 0.496 e. The molecule has 0 aliphatic rings. The zero-order valence-electron chi connectivity index (χ0n) is 9.58. The molecule has 0 spiro atoms. The Hall–Kier alpha value is -1.06. The lowest BCUT2D eigenvalue weighted by atomic mass is 9.92. The van der Waals surface area contributed by atoms with E-state index in [-0.39, 0.29) is 6.61 Å². The summed E-state index contributed by atoms with van der Waals surface area (Å²) in [7, 11) is 1.65. The average Bonchev–Trinajstić information content (AvgIpc) is 2.21. The summed E-state index contributed by atoms with van der Waals surface area (Å²) >= 11 is 0. The van der Waals surface area contributed by atoms with Crippen molar-refractivity contribution >= 4 is 0 Å². The van der Waals surface area contributed by atoms with Crippen molar-refractivity contribution in [3.05, 3.63) is 29.3 Å². The molecule has 0 aliphatic carbocycles. The number of nitrogens with two attached hydrogens (primary N) is 1. The van der Waals surface area contributed by atoms with Crippen molar-refractivity contribution in [3.63, 3.8) is 0 Å². The van der Waals surface area contributed by atoms with Gasteiger partial charge in [0, 0.05) is 5.54 Å². The van der Waals surface area contributed by atoms with Gasteiger partial charge in [0.1, 0.15) is 5.75 Å². The molecule has 0 heterocycles.